The molecule has 1 saturated carbocycles. The van der Waals surface area contributed by atoms with Crippen molar-refractivity contribution < 1.29 is 38.0 Å². The van der Waals surface area contributed by atoms with Crippen LogP contribution in [-0.2, 0) is 38.0 Å². The topological polar surface area (TPSA) is 114 Å². The number of carbonyl (C=O) groups is 2. The molecule has 392 valence electrons. The van der Waals surface area contributed by atoms with Crippen LogP contribution in [0.3, 0.4) is 0 Å². The van der Waals surface area contributed by atoms with Gasteiger partial charge in [0.1, 0.15) is 0 Å². The first kappa shape index (κ1) is 62.7. The van der Waals surface area contributed by atoms with E-state index in [9.17, 15) is 9.59 Å². The van der Waals surface area contributed by atoms with Crippen LogP contribution >= 0.6 is 0 Å². The zero-order valence-electron chi connectivity index (χ0n) is 45.1. The molecule has 10 heteroatoms. The Labute approximate surface area is 408 Å². The maximum Gasteiger partial charge on any atom is 0.220 e. The molecule has 10 atom stereocenters. The largest absolute Gasteiger partial charge is 0.382 e. The first-order valence-corrected chi connectivity index (χ1v) is 27.9. The fraction of sp³-hybridized carbons (Fsp3) is 0.964. The van der Waals surface area contributed by atoms with Crippen molar-refractivity contribution in [3.05, 3.63) is 0 Å². The van der Waals surface area contributed by atoms with Gasteiger partial charge in [-0.3, -0.25) is 9.59 Å². The van der Waals surface area contributed by atoms with Crippen molar-refractivity contribution in [2.24, 2.45) is 23.7 Å². The predicted molar refractivity (Wildman–Crippen MR) is 275 cm³/mol. The van der Waals surface area contributed by atoms with Crippen LogP contribution in [0.5, 0.6) is 0 Å². The minimum Gasteiger partial charge on any atom is -0.382 e. The highest BCUT2D eigenvalue weighted by Gasteiger charge is 2.35. The molecular weight excluding hydrogens is 829 g/mol. The minimum absolute atomic E-state index is 0.0239. The Kier molecular flexibility index (Phi) is 40.4. The third-order valence-corrected chi connectivity index (χ3v) is 14.0. The average molecular weight is 940 g/mol. The monoisotopic (exact) mass is 939 g/mol. The van der Waals surface area contributed by atoms with E-state index in [4.69, 9.17) is 28.4 Å². The first-order valence-electron chi connectivity index (χ1n) is 27.9. The standard InChI is InChI=1S/C56H110N2O8/c1-11-13-15-17-19-25-31-51-37-53(33-27-21-23-29-35-55(59)57-45(3)39-63-49(7)43-65-47(5)41-61-9)54(38-52(51)32-26-20-18-16-14-12-2)34-28-22-24-30-36-56(60)58-46(4)40-64-50(8)44-66-48(6)42-62-10/h45-54H,11-44H2,1-10H3,(H,57,59)(H,58,60). The molecule has 0 bridgehead atoms. The normalized spacial score (nSPS) is 20.4. The van der Waals surface area contributed by atoms with E-state index in [2.05, 4.69) is 24.5 Å². The molecule has 10 unspecified atom stereocenters. The average Bonchev–Trinajstić information content (AvgIpc) is 3.28. The van der Waals surface area contributed by atoms with E-state index in [1.54, 1.807) is 14.2 Å². The summed E-state index contributed by atoms with van der Waals surface area (Å²) in [5.41, 5.74) is 0. The molecule has 0 heterocycles. The molecule has 1 rings (SSSR count). The van der Waals surface area contributed by atoms with Gasteiger partial charge in [-0.05, 0) is 90.9 Å². The van der Waals surface area contributed by atoms with Gasteiger partial charge >= 0.3 is 0 Å². The van der Waals surface area contributed by atoms with E-state index < -0.39 is 0 Å². The lowest BCUT2D eigenvalue weighted by molar-refractivity contribution is -0.123. The summed E-state index contributed by atoms with van der Waals surface area (Å²) in [5.74, 6) is 3.70. The van der Waals surface area contributed by atoms with Crippen LogP contribution in [-0.4, -0.2) is 102 Å². The van der Waals surface area contributed by atoms with Crippen LogP contribution in [0.4, 0.5) is 0 Å². The van der Waals surface area contributed by atoms with Crippen molar-refractivity contribution in [1.82, 2.24) is 10.6 Å². The molecule has 0 aromatic carbocycles. The lowest BCUT2D eigenvalue weighted by Gasteiger charge is -2.42. The second kappa shape index (κ2) is 42.6. The number of carbonyl (C=O) groups excluding carboxylic acids is 2. The number of amides is 2. The van der Waals surface area contributed by atoms with Gasteiger partial charge in [-0.25, -0.2) is 0 Å². The highest BCUT2D eigenvalue weighted by molar-refractivity contribution is 5.76. The van der Waals surface area contributed by atoms with E-state index in [-0.39, 0.29) is 48.3 Å². The molecule has 1 aliphatic rings. The van der Waals surface area contributed by atoms with E-state index in [0.29, 0.717) is 52.5 Å². The molecule has 10 nitrogen and oxygen atoms in total. The molecule has 0 spiro atoms. The summed E-state index contributed by atoms with van der Waals surface area (Å²) in [6.45, 7) is 19.8. The van der Waals surface area contributed by atoms with Gasteiger partial charge in [0.15, 0.2) is 0 Å². The van der Waals surface area contributed by atoms with Crippen molar-refractivity contribution in [2.45, 2.75) is 272 Å². The number of nitrogens with one attached hydrogen (secondary N) is 2. The third kappa shape index (κ3) is 34.9. The van der Waals surface area contributed by atoms with Crippen LogP contribution in [0, 0.1) is 23.7 Å². The zero-order valence-corrected chi connectivity index (χ0v) is 45.1. The molecule has 0 aliphatic heterocycles. The molecule has 66 heavy (non-hydrogen) atoms. The Morgan fingerprint density at radius 2 is 0.667 bits per heavy atom. The van der Waals surface area contributed by atoms with Gasteiger partial charge in [-0.1, -0.05) is 155 Å². The van der Waals surface area contributed by atoms with Crippen molar-refractivity contribution >= 4 is 11.8 Å². The van der Waals surface area contributed by atoms with Crippen molar-refractivity contribution in [1.29, 1.82) is 0 Å². The Balaban J connectivity index is 2.66. The summed E-state index contributed by atoms with van der Waals surface area (Å²) in [4.78, 5) is 25.5. The SMILES string of the molecule is CCCCCCCCC1CC(CCCCCCC(=O)NC(C)COC(C)COC(C)COC)C(CCCCCCC(=O)NC(C)COC(C)COC(C)COC)CC1CCCCCCCC. The first-order chi connectivity index (χ1) is 31.9. The number of hydrogen-bond donors (Lipinski definition) is 2. The molecule has 0 radical (unpaired) electrons. The van der Waals surface area contributed by atoms with Gasteiger partial charge in [0.05, 0.1) is 64.1 Å². The van der Waals surface area contributed by atoms with Gasteiger partial charge in [-0.15, -0.1) is 0 Å². The number of rotatable bonds is 46. The molecule has 2 amide bonds. The molecule has 1 aliphatic carbocycles. The highest BCUT2D eigenvalue weighted by atomic mass is 16.6. The van der Waals surface area contributed by atoms with E-state index in [1.165, 1.54) is 141 Å². The van der Waals surface area contributed by atoms with Gasteiger partial charge < -0.3 is 39.1 Å². The number of unbranched alkanes of at least 4 members (excludes halogenated alkanes) is 16. The van der Waals surface area contributed by atoms with Crippen molar-refractivity contribution in [2.75, 3.05) is 53.9 Å². The Hall–Kier alpha value is -1.30. The summed E-state index contributed by atoms with van der Waals surface area (Å²) in [6.07, 6.45) is 35.4. The smallest absolute Gasteiger partial charge is 0.220 e. The van der Waals surface area contributed by atoms with Crippen LogP contribution in [0.2, 0.25) is 0 Å². The van der Waals surface area contributed by atoms with Crippen molar-refractivity contribution in [3.63, 3.8) is 0 Å². The van der Waals surface area contributed by atoms with Gasteiger partial charge in [-0.2, -0.15) is 0 Å². The van der Waals surface area contributed by atoms with Crippen LogP contribution in [0.25, 0.3) is 0 Å². The summed E-state index contributed by atoms with van der Waals surface area (Å²) in [6, 6.07) is -0.0479. The van der Waals surface area contributed by atoms with Crippen molar-refractivity contribution in [3.8, 4) is 0 Å². The highest BCUT2D eigenvalue weighted by Crippen LogP contribution is 2.46. The maximum atomic E-state index is 12.8. The van der Waals surface area contributed by atoms with Gasteiger partial charge in [0, 0.05) is 39.1 Å². The quantitative estimate of drug-likeness (QED) is 0.0580. The van der Waals surface area contributed by atoms with Crippen LogP contribution in [0.15, 0.2) is 0 Å². The second-order valence-electron chi connectivity index (χ2n) is 21.0. The van der Waals surface area contributed by atoms with E-state index >= 15 is 0 Å². The fourth-order valence-electron chi connectivity index (χ4n) is 10.1. The zero-order chi connectivity index (χ0) is 48.6. The summed E-state index contributed by atoms with van der Waals surface area (Å²) >= 11 is 0. The molecule has 0 aromatic rings. The fourth-order valence-corrected chi connectivity index (χ4v) is 10.1. The van der Waals surface area contributed by atoms with E-state index in [1.807, 2.05) is 41.5 Å². The van der Waals surface area contributed by atoms with Crippen LogP contribution in [0.1, 0.15) is 235 Å². The van der Waals surface area contributed by atoms with Gasteiger partial charge in [0.2, 0.25) is 11.8 Å². The Morgan fingerprint density at radius 3 is 0.985 bits per heavy atom. The molecule has 0 aromatic heterocycles. The maximum absolute atomic E-state index is 12.8. The molecular formula is C56H110N2O8. The number of hydrogen-bond acceptors (Lipinski definition) is 8. The van der Waals surface area contributed by atoms with E-state index in [0.717, 1.165) is 49.4 Å². The third-order valence-electron chi connectivity index (χ3n) is 14.0. The summed E-state index contributed by atoms with van der Waals surface area (Å²) in [5, 5.41) is 6.28. The van der Waals surface area contributed by atoms with Gasteiger partial charge in [0.25, 0.3) is 0 Å². The van der Waals surface area contributed by atoms with Crippen LogP contribution < -0.4 is 10.6 Å². The Morgan fingerprint density at radius 1 is 0.394 bits per heavy atom. The number of methoxy groups -OCH3 is 2. The molecule has 1 fully saturated rings. The minimum atomic E-state index is -0.0348. The lowest BCUT2D eigenvalue weighted by Crippen LogP contribution is -2.37. The summed E-state index contributed by atoms with van der Waals surface area (Å²) < 4.78 is 33.7. The Bertz CT molecular complexity index is 1030. The second-order valence-corrected chi connectivity index (χ2v) is 21.0. The number of ether oxygens (including phenoxy) is 6. The predicted octanol–water partition coefficient (Wildman–Crippen LogP) is 13.3. The summed E-state index contributed by atoms with van der Waals surface area (Å²) in [7, 11) is 3.36. The molecule has 0 saturated heterocycles. The molecule has 2 N–H and O–H groups in total. The lowest BCUT2D eigenvalue weighted by atomic mass is 9.63.